The summed E-state index contributed by atoms with van der Waals surface area (Å²) in [7, 11) is 0. The highest BCUT2D eigenvalue weighted by molar-refractivity contribution is 5.59. The molecule has 2 aromatic heterocycles. The van der Waals surface area contributed by atoms with E-state index in [9.17, 15) is 0 Å². The topological polar surface area (TPSA) is 80.5 Å². The summed E-state index contributed by atoms with van der Waals surface area (Å²) in [5.41, 5.74) is 2.65. The van der Waals surface area contributed by atoms with Gasteiger partial charge in [-0.05, 0) is 26.0 Å². The molecule has 0 aliphatic carbocycles. The predicted molar refractivity (Wildman–Crippen MR) is 80.5 cm³/mol. The van der Waals surface area contributed by atoms with Gasteiger partial charge in [0.05, 0.1) is 18.8 Å². The molecule has 126 valence electrons. The van der Waals surface area contributed by atoms with Gasteiger partial charge >= 0.3 is 0 Å². The van der Waals surface area contributed by atoms with Crippen molar-refractivity contribution in [3.63, 3.8) is 0 Å². The molecule has 0 amide bonds. The normalized spacial score (nSPS) is 33.6. The van der Waals surface area contributed by atoms with Crippen molar-refractivity contribution in [2.45, 2.75) is 57.4 Å². The molecule has 0 radical (unpaired) electrons. The lowest BCUT2D eigenvalue weighted by molar-refractivity contribution is -0.219. The maximum absolute atomic E-state index is 6.13. The molecular weight excluding hydrogens is 312 g/mol. The summed E-state index contributed by atoms with van der Waals surface area (Å²) in [5.74, 6) is -0.647. The average Bonchev–Trinajstić information content (AvgIpc) is 3.14. The van der Waals surface area contributed by atoms with E-state index in [1.54, 1.807) is 12.4 Å². The first-order valence-corrected chi connectivity index (χ1v) is 8.06. The first-order chi connectivity index (χ1) is 11.6. The van der Waals surface area contributed by atoms with E-state index >= 15 is 0 Å². The van der Waals surface area contributed by atoms with Crippen LogP contribution in [0.2, 0.25) is 0 Å². The molecule has 0 spiro atoms. The van der Waals surface area contributed by atoms with Crippen LogP contribution in [0.25, 0.3) is 11.3 Å². The van der Waals surface area contributed by atoms with Crippen molar-refractivity contribution >= 4 is 0 Å². The summed E-state index contributed by atoms with van der Waals surface area (Å²) < 4.78 is 25.7. The molecule has 2 aromatic rings. The molecule has 0 N–H and O–H groups in total. The van der Waals surface area contributed by atoms with Gasteiger partial charge in [0.15, 0.2) is 12.1 Å². The van der Waals surface area contributed by atoms with Crippen LogP contribution in [-0.2, 0) is 32.1 Å². The molecule has 8 nitrogen and oxygen atoms in total. The molecule has 0 unspecified atom stereocenters. The summed E-state index contributed by atoms with van der Waals surface area (Å²) in [6.45, 7) is 4.73. The Morgan fingerprint density at radius 1 is 1.25 bits per heavy atom. The van der Waals surface area contributed by atoms with Gasteiger partial charge in [-0.2, -0.15) is 0 Å². The quantitative estimate of drug-likeness (QED) is 0.775. The zero-order chi connectivity index (χ0) is 16.3. The summed E-state index contributed by atoms with van der Waals surface area (Å²) in [5, 5.41) is 8.57. The molecule has 2 fully saturated rings. The van der Waals surface area contributed by atoms with E-state index in [1.165, 1.54) is 0 Å². The Hall–Kier alpha value is -1.87. The zero-order valence-electron chi connectivity index (χ0n) is 13.5. The second-order valence-electron chi connectivity index (χ2n) is 6.73. The fourth-order valence-electron chi connectivity index (χ4n) is 3.59. The molecule has 4 atom stereocenters. The highest BCUT2D eigenvalue weighted by Crippen LogP contribution is 2.40. The first-order valence-electron chi connectivity index (χ1n) is 8.06. The molecule has 0 bridgehead atoms. The van der Waals surface area contributed by atoms with Crippen molar-refractivity contribution in [3.05, 3.63) is 30.2 Å². The van der Waals surface area contributed by atoms with Gasteiger partial charge in [-0.1, -0.05) is 5.21 Å². The number of fused-ring (bicyclic) bond motifs is 4. The van der Waals surface area contributed by atoms with Crippen LogP contribution < -0.4 is 0 Å². The third kappa shape index (κ3) is 2.18. The number of pyridine rings is 1. The van der Waals surface area contributed by atoms with Gasteiger partial charge in [0.2, 0.25) is 0 Å². The van der Waals surface area contributed by atoms with Crippen LogP contribution in [-0.4, -0.2) is 50.4 Å². The molecule has 24 heavy (non-hydrogen) atoms. The fraction of sp³-hybridized carbons (Fsp3) is 0.562. The first kappa shape index (κ1) is 14.5. The minimum Gasteiger partial charge on any atom is -0.366 e. The van der Waals surface area contributed by atoms with E-state index in [0.717, 1.165) is 17.0 Å². The third-order valence-corrected chi connectivity index (χ3v) is 4.63. The largest absolute Gasteiger partial charge is 0.366 e. The van der Waals surface area contributed by atoms with E-state index in [1.807, 2.05) is 30.7 Å². The Bertz CT molecular complexity index is 763. The van der Waals surface area contributed by atoms with Gasteiger partial charge < -0.3 is 18.9 Å². The number of rotatable bonds is 1. The Morgan fingerprint density at radius 3 is 3.00 bits per heavy atom. The lowest BCUT2D eigenvalue weighted by Crippen LogP contribution is -2.37. The summed E-state index contributed by atoms with van der Waals surface area (Å²) in [6.07, 6.45) is 2.56. The van der Waals surface area contributed by atoms with Gasteiger partial charge in [-0.15, -0.1) is 5.10 Å². The van der Waals surface area contributed by atoms with Crippen molar-refractivity contribution in [1.82, 2.24) is 20.0 Å². The van der Waals surface area contributed by atoms with E-state index in [2.05, 4.69) is 15.3 Å². The van der Waals surface area contributed by atoms with Crippen molar-refractivity contribution in [2.75, 3.05) is 0 Å². The third-order valence-electron chi connectivity index (χ3n) is 4.63. The Balaban J connectivity index is 1.44. The van der Waals surface area contributed by atoms with Crippen LogP contribution >= 0.6 is 0 Å². The highest BCUT2D eigenvalue weighted by Gasteiger charge is 2.56. The average molecular weight is 330 g/mol. The van der Waals surface area contributed by atoms with Crippen molar-refractivity contribution in [1.29, 1.82) is 0 Å². The molecule has 5 heterocycles. The van der Waals surface area contributed by atoms with Crippen molar-refractivity contribution in [2.24, 2.45) is 0 Å². The molecule has 3 aliphatic heterocycles. The Labute approximate surface area is 138 Å². The smallest absolute Gasteiger partial charge is 0.190 e. The van der Waals surface area contributed by atoms with E-state index in [-0.39, 0.29) is 18.3 Å². The van der Waals surface area contributed by atoms with Crippen LogP contribution in [0.5, 0.6) is 0 Å². The van der Waals surface area contributed by atoms with E-state index in [0.29, 0.717) is 13.2 Å². The van der Waals surface area contributed by atoms with Crippen LogP contribution in [0.1, 0.15) is 19.5 Å². The van der Waals surface area contributed by atoms with Gasteiger partial charge in [-0.25, -0.2) is 4.68 Å². The molecular formula is C16H18N4O4. The maximum atomic E-state index is 6.13. The fourth-order valence-corrected chi connectivity index (χ4v) is 3.59. The number of hydrogen-bond acceptors (Lipinski definition) is 7. The van der Waals surface area contributed by atoms with Gasteiger partial charge in [0.25, 0.3) is 0 Å². The molecule has 2 saturated heterocycles. The van der Waals surface area contributed by atoms with Crippen LogP contribution in [0, 0.1) is 0 Å². The van der Waals surface area contributed by atoms with Crippen LogP contribution in [0.4, 0.5) is 0 Å². The van der Waals surface area contributed by atoms with Crippen LogP contribution in [0.3, 0.4) is 0 Å². The van der Waals surface area contributed by atoms with E-state index in [4.69, 9.17) is 18.9 Å². The molecule has 0 aromatic carbocycles. The second-order valence-corrected chi connectivity index (χ2v) is 6.73. The minimum atomic E-state index is -0.647. The van der Waals surface area contributed by atoms with Crippen molar-refractivity contribution in [3.8, 4) is 11.3 Å². The van der Waals surface area contributed by atoms with E-state index < -0.39 is 12.1 Å². The summed E-state index contributed by atoms with van der Waals surface area (Å²) >= 11 is 0. The molecule has 3 aliphatic rings. The second kappa shape index (κ2) is 5.06. The lowest BCUT2D eigenvalue weighted by atomic mass is 10.1. The molecule has 5 rings (SSSR count). The van der Waals surface area contributed by atoms with Gasteiger partial charge in [-0.3, -0.25) is 4.98 Å². The SMILES string of the molecule is CC1(C)O[C@H]2O[C@@H]3Cn4nnc(-c5cccnc5)c4CO[C@@H]3[C@H]2O1. The summed E-state index contributed by atoms with van der Waals surface area (Å²) in [6, 6.07) is 3.85. The Morgan fingerprint density at radius 2 is 2.17 bits per heavy atom. The van der Waals surface area contributed by atoms with Gasteiger partial charge in [0, 0.05) is 18.0 Å². The minimum absolute atomic E-state index is 0.166. The number of aromatic nitrogens is 4. The van der Waals surface area contributed by atoms with Crippen LogP contribution in [0.15, 0.2) is 24.5 Å². The monoisotopic (exact) mass is 330 g/mol. The molecule has 8 heteroatoms. The number of hydrogen-bond donors (Lipinski definition) is 0. The Kier molecular flexibility index (Phi) is 3.05. The number of ether oxygens (including phenoxy) is 4. The number of nitrogens with zero attached hydrogens (tertiary/aromatic N) is 4. The van der Waals surface area contributed by atoms with Crippen molar-refractivity contribution < 1.29 is 18.9 Å². The predicted octanol–water partition coefficient (Wildman–Crippen LogP) is 1.12. The maximum Gasteiger partial charge on any atom is 0.190 e. The standard InChI is InChI=1S/C16H18N4O4/c1-16(2)23-14-13-11(22-15(14)24-16)7-20-10(8-21-13)12(18-19-20)9-4-3-5-17-6-9/h3-6,11,13-15H,7-8H2,1-2H3/t11-,13+,14-,15-/m1/s1. The molecule has 0 saturated carbocycles. The summed E-state index contributed by atoms with van der Waals surface area (Å²) in [4.78, 5) is 4.15. The zero-order valence-corrected chi connectivity index (χ0v) is 13.5. The van der Waals surface area contributed by atoms with Gasteiger partial charge in [0.1, 0.15) is 24.0 Å². The highest BCUT2D eigenvalue weighted by atomic mass is 16.8. The lowest BCUT2D eigenvalue weighted by Gasteiger charge is -2.23.